The zero-order chi connectivity index (χ0) is 38.6. The smallest absolute Gasteiger partial charge is 0.344 e. The molecule has 0 radical (unpaired) electrons. The van der Waals surface area contributed by atoms with E-state index in [9.17, 15) is 14.4 Å². The lowest BCUT2D eigenvalue weighted by Gasteiger charge is -2.59. The number of benzene rings is 3. The summed E-state index contributed by atoms with van der Waals surface area (Å²) in [6.45, 7) is 3.68. The molecule has 12 rings (SSSR count). The van der Waals surface area contributed by atoms with Gasteiger partial charge in [0.05, 0.1) is 19.4 Å². The Morgan fingerprint density at radius 2 is 1.14 bits per heavy atom. The van der Waals surface area contributed by atoms with Crippen LogP contribution in [0, 0.1) is 47.3 Å². The summed E-state index contributed by atoms with van der Waals surface area (Å²) in [6, 6.07) is 22.1. The molecule has 0 N–H and O–H groups in total. The van der Waals surface area contributed by atoms with E-state index in [0.29, 0.717) is 35.0 Å². The first kappa shape index (κ1) is 36.8. The van der Waals surface area contributed by atoms with Gasteiger partial charge in [0.15, 0.2) is 6.61 Å². The summed E-state index contributed by atoms with van der Waals surface area (Å²) < 4.78 is 24.6. The van der Waals surface area contributed by atoms with Crippen molar-refractivity contribution >= 4 is 37.8 Å². The largest absolute Gasteiger partial charge is 0.496 e. The van der Waals surface area contributed by atoms with E-state index in [4.69, 9.17) is 29.6 Å². The maximum atomic E-state index is 14.5. The standard InChI is InChI=1S/C47H53ClO7S/c1-46(31-16-27-14-28(18-31)19-32(46)17-27)54-43(49)25-39(45(51)53-26-44(50)55-47(2)33-20-29-15-30(22-33)23-34(47)21-29)38-24-35(12-13-40(38)52-3)56(48)41-10-6-4-8-36(41)37-9-5-7-11-42(37)56/h4-13,24,27-34,39H,14-23,25-26H2,1-3H3. The number of carbonyl (C=O) groups is 3. The molecule has 0 saturated heterocycles. The van der Waals surface area contributed by atoms with Gasteiger partial charge in [-0.05, 0) is 167 Å². The van der Waals surface area contributed by atoms with Gasteiger partial charge in [0.25, 0.3) is 0 Å². The molecule has 3 aromatic rings. The summed E-state index contributed by atoms with van der Waals surface area (Å²) in [5.41, 5.74) is 1.54. The number of fused-ring (bicyclic) bond motifs is 3. The second-order valence-electron chi connectivity index (χ2n) is 18.7. The van der Waals surface area contributed by atoms with Crippen LogP contribution in [0.5, 0.6) is 5.75 Å². The first-order valence-electron chi connectivity index (χ1n) is 21.0. The Morgan fingerprint density at radius 1 is 0.679 bits per heavy atom. The van der Waals surface area contributed by atoms with Crippen molar-refractivity contribution < 1.29 is 33.3 Å². The Bertz CT molecular complexity index is 1990. The van der Waals surface area contributed by atoms with Crippen molar-refractivity contribution in [3.63, 3.8) is 0 Å². The average molecular weight is 797 g/mol. The minimum Gasteiger partial charge on any atom is -0.496 e. The van der Waals surface area contributed by atoms with Crippen LogP contribution < -0.4 is 4.74 Å². The van der Waals surface area contributed by atoms with Crippen LogP contribution in [0.3, 0.4) is 0 Å². The molecule has 9 heteroatoms. The molecule has 1 aliphatic heterocycles. The average Bonchev–Trinajstić information content (AvgIpc) is 3.45. The molecular formula is C47H53ClO7S. The summed E-state index contributed by atoms with van der Waals surface area (Å²) in [5.74, 6) is 1.90. The quantitative estimate of drug-likeness (QED) is 0.149. The van der Waals surface area contributed by atoms with Gasteiger partial charge >= 0.3 is 17.9 Å². The molecule has 1 heterocycles. The van der Waals surface area contributed by atoms with Crippen molar-refractivity contribution in [3.8, 4) is 16.9 Å². The van der Waals surface area contributed by atoms with Crippen LogP contribution in [0.25, 0.3) is 11.1 Å². The van der Waals surface area contributed by atoms with E-state index in [1.807, 2.05) is 42.5 Å². The fraction of sp³-hybridized carbons (Fsp3) is 0.553. The number of rotatable bonds is 10. The third kappa shape index (κ3) is 5.77. The van der Waals surface area contributed by atoms with Gasteiger partial charge in [0.1, 0.15) is 17.0 Å². The number of ether oxygens (including phenoxy) is 4. The van der Waals surface area contributed by atoms with E-state index < -0.39 is 50.9 Å². The van der Waals surface area contributed by atoms with Crippen LogP contribution in [0.2, 0.25) is 0 Å². The predicted octanol–water partition coefficient (Wildman–Crippen LogP) is 10.6. The number of carbonyl (C=O) groups excluding carboxylic acids is 3. The molecule has 8 saturated carbocycles. The van der Waals surface area contributed by atoms with E-state index >= 15 is 0 Å². The van der Waals surface area contributed by atoms with E-state index in [0.717, 1.165) is 101 Å². The van der Waals surface area contributed by atoms with Crippen molar-refractivity contribution in [1.82, 2.24) is 0 Å². The van der Waals surface area contributed by atoms with Gasteiger partial charge in [-0.15, -0.1) is 0 Å². The lowest BCUT2D eigenvalue weighted by atomic mass is 9.50. The van der Waals surface area contributed by atoms with Crippen LogP contribution in [-0.2, 0) is 28.6 Å². The zero-order valence-electron chi connectivity index (χ0n) is 32.7. The molecule has 1 atom stereocenters. The highest BCUT2D eigenvalue weighted by Crippen LogP contribution is 2.79. The molecule has 7 nitrogen and oxygen atoms in total. The Hall–Kier alpha value is -3.49. The highest BCUT2D eigenvalue weighted by atomic mass is 35.7. The van der Waals surface area contributed by atoms with Gasteiger partial charge in [-0.2, -0.15) is 0 Å². The molecule has 56 heavy (non-hydrogen) atoms. The van der Waals surface area contributed by atoms with Gasteiger partial charge in [-0.25, -0.2) is 4.79 Å². The second kappa shape index (κ2) is 13.5. The topological polar surface area (TPSA) is 88.1 Å². The third-order valence-electron chi connectivity index (χ3n) is 15.7. The van der Waals surface area contributed by atoms with Gasteiger partial charge in [0, 0.05) is 20.2 Å². The van der Waals surface area contributed by atoms with Gasteiger partial charge in [-0.3, -0.25) is 9.59 Å². The minimum absolute atomic E-state index is 0.252. The summed E-state index contributed by atoms with van der Waals surface area (Å²) in [4.78, 5) is 45.2. The normalized spacial score (nSPS) is 35.9. The Balaban J connectivity index is 0.956. The lowest BCUT2D eigenvalue weighted by molar-refractivity contribution is -0.207. The number of halogens is 1. The van der Waals surface area contributed by atoms with Crippen molar-refractivity contribution in [3.05, 3.63) is 72.3 Å². The van der Waals surface area contributed by atoms with E-state index in [2.05, 4.69) is 38.1 Å². The maximum absolute atomic E-state index is 14.5. The van der Waals surface area contributed by atoms with Crippen molar-refractivity contribution in [2.75, 3.05) is 13.7 Å². The molecule has 0 aromatic heterocycles. The van der Waals surface area contributed by atoms with Crippen molar-refractivity contribution in [2.24, 2.45) is 47.3 Å². The first-order valence-corrected chi connectivity index (χ1v) is 23.4. The van der Waals surface area contributed by atoms with Crippen molar-refractivity contribution in [2.45, 2.75) is 116 Å². The van der Waals surface area contributed by atoms with Crippen LogP contribution in [0.4, 0.5) is 0 Å². The molecule has 8 aliphatic carbocycles. The van der Waals surface area contributed by atoms with Crippen LogP contribution in [-0.4, -0.2) is 42.8 Å². The van der Waals surface area contributed by atoms with E-state index in [1.165, 1.54) is 12.8 Å². The molecule has 0 spiro atoms. The molecule has 296 valence electrons. The van der Waals surface area contributed by atoms with Crippen LogP contribution >= 0.6 is 19.9 Å². The predicted molar refractivity (Wildman–Crippen MR) is 215 cm³/mol. The van der Waals surface area contributed by atoms with Gasteiger partial charge in [-0.1, -0.05) is 56.3 Å². The fourth-order valence-electron chi connectivity index (χ4n) is 13.3. The zero-order valence-corrected chi connectivity index (χ0v) is 34.2. The Labute approximate surface area is 336 Å². The van der Waals surface area contributed by atoms with Gasteiger partial charge in [0.2, 0.25) is 0 Å². The minimum atomic E-state index is -2.26. The molecule has 8 bridgehead atoms. The van der Waals surface area contributed by atoms with Crippen LogP contribution in [0.15, 0.2) is 81.4 Å². The summed E-state index contributed by atoms with van der Waals surface area (Å²) in [7, 11) is 7.16. The maximum Gasteiger partial charge on any atom is 0.344 e. The molecule has 0 amide bonds. The fourth-order valence-corrected chi connectivity index (χ4v) is 17.1. The summed E-state index contributed by atoms with van der Waals surface area (Å²) >= 11 is 0. The highest BCUT2D eigenvalue weighted by molar-refractivity contribution is 8.51. The van der Waals surface area contributed by atoms with E-state index in [1.54, 1.807) is 7.11 Å². The van der Waals surface area contributed by atoms with Gasteiger partial charge < -0.3 is 18.9 Å². The number of methoxy groups -OCH3 is 1. The highest BCUT2D eigenvalue weighted by Gasteiger charge is 2.58. The Kier molecular flexibility index (Phi) is 8.90. The van der Waals surface area contributed by atoms with Crippen molar-refractivity contribution in [1.29, 1.82) is 0 Å². The molecule has 8 fully saturated rings. The monoisotopic (exact) mass is 796 g/mol. The second-order valence-corrected chi connectivity index (χ2v) is 22.5. The number of hydrogen-bond acceptors (Lipinski definition) is 7. The van der Waals surface area contributed by atoms with Crippen LogP contribution in [0.1, 0.15) is 96.0 Å². The third-order valence-corrected chi connectivity index (χ3v) is 20.1. The lowest BCUT2D eigenvalue weighted by Crippen LogP contribution is -2.58. The summed E-state index contributed by atoms with van der Waals surface area (Å²) in [6.07, 6.45) is 11.1. The number of hydrogen-bond donors (Lipinski definition) is 0. The first-order chi connectivity index (χ1) is 27.0. The van der Waals surface area contributed by atoms with E-state index in [-0.39, 0.29) is 6.42 Å². The Morgan fingerprint density at radius 3 is 1.62 bits per heavy atom. The number of esters is 3. The molecule has 1 unspecified atom stereocenters. The molecule has 9 aliphatic rings. The SMILES string of the molecule is COc1ccc(S2(Cl)c3ccccc3-c3ccccc32)cc1C(CC(=O)OC1(C)C2CC3CC(C2)CC1C3)C(=O)OCC(=O)OC1(C)C2CC3CC(C2)CC1C3. The molecular weight excluding hydrogens is 744 g/mol. The molecule has 3 aromatic carbocycles. The summed E-state index contributed by atoms with van der Waals surface area (Å²) in [5, 5.41) is 0.